The Morgan fingerprint density at radius 1 is 1.35 bits per heavy atom. The van der Waals surface area contributed by atoms with E-state index in [0.717, 1.165) is 10.0 Å². The van der Waals surface area contributed by atoms with Gasteiger partial charge >= 0.3 is 6.03 Å². The molecule has 0 bridgehead atoms. The molecule has 2 amide bonds. The van der Waals surface area contributed by atoms with Gasteiger partial charge in [0.2, 0.25) is 0 Å². The van der Waals surface area contributed by atoms with Crippen molar-refractivity contribution in [2.45, 2.75) is 19.9 Å². The molecule has 0 saturated carbocycles. The zero-order valence-electron chi connectivity index (χ0n) is 13.6. The first kappa shape index (κ1) is 17.8. The molecule has 1 N–H and O–H groups in total. The quantitative estimate of drug-likeness (QED) is 0.875. The molecule has 1 atom stereocenters. The molecule has 1 heterocycles. The van der Waals surface area contributed by atoms with Crippen LogP contribution in [-0.2, 0) is 0 Å². The van der Waals surface area contributed by atoms with Crippen molar-refractivity contribution in [3.8, 4) is 6.07 Å². The Morgan fingerprint density at radius 2 is 2.04 bits per heavy atom. The summed E-state index contributed by atoms with van der Waals surface area (Å²) in [4.78, 5) is 16.0. The molecule has 1 saturated heterocycles. The second kappa shape index (κ2) is 8.32. The molecule has 1 aliphatic rings. The van der Waals surface area contributed by atoms with Crippen LogP contribution < -0.4 is 5.32 Å². The summed E-state index contributed by atoms with van der Waals surface area (Å²) in [5.74, 6) is 0.444. The smallest absolute Gasteiger partial charge is 0.317 e. The summed E-state index contributed by atoms with van der Waals surface area (Å²) < 4.78 is 0.974. The first-order valence-electron chi connectivity index (χ1n) is 7.93. The van der Waals surface area contributed by atoms with Crippen LogP contribution in [0.15, 0.2) is 28.7 Å². The number of rotatable bonds is 4. The monoisotopic (exact) mass is 378 g/mol. The predicted octanol–water partition coefficient (Wildman–Crippen LogP) is 3.00. The molecule has 0 spiro atoms. The number of piperazine rings is 1. The topological polar surface area (TPSA) is 59.4 Å². The molecule has 0 aromatic heterocycles. The Kier molecular flexibility index (Phi) is 6.43. The number of carbonyl (C=O) groups is 1. The van der Waals surface area contributed by atoms with Gasteiger partial charge in [0.15, 0.2) is 0 Å². The molecule has 1 aromatic rings. The van der Waals surface area contributed by atoms with Gasteiger partial charge in [-0.3, -0.25) is 4.90 Å². The summed E-state index contributed by atoms with van der Waals surface area (Å²) in [5, 5.41) is 12.5. The molecule has 6 heteroatoms. The molecule has 1 aromatic carbocycles. The average molecular weight is 379 g/mol. The van der Waals surface area contributed by atoms with E-state index in [1.807, 2.05) is 29.2 Å². The van der Waals surface area contributed by atoms with Crippen molar-refractivity contribution in [2.75, 3.05) is 32.7 Å². The third-order valence-electron chi connectivity index (χ3n) is 3.91. The number of urea groups is 1. The minimum absolute atomic E-state index is 0.00527. The Morgan fingerprint density at radius 3 is 2.61 bits per heavy atom. The van der Waals surface area contributed by atoms with E-state index in [1.54, 1.807) is 0 Å². The van der Waals surface area contributed by atoms with Gasteiger partial charge in [0.25, 0.3) is 0 Å². The van der Waals surface area contributed by atoms with Gasteiger partial charge in [0, 0.05) is 37.2 Å². The fourth-order valence-electron chi connectivity index (χ4n) is 2.63. The van der Waals surface area contributed by atoms with Gasteiger partial charge in [-0.05, 0) is 23.6 Å². The number of halogens is 1. The highest BCUT2D eigenvalue weighted by atomic mass is 79.9. The fraction of sp³-hybridized carbons (Fsp3) is 0.529. The zero-order chi connectivity index (χ0) is 16.8. The van der Waals surface area contributed by atoms with Gasteiger partial charge < -0.3 is 10.2 Å². The number of benzene rings is 1. The molecule has 5 nitrogen and oxygen atoms in total. The maximum absolute atomic E-state index is 12.1. The van der Waals surface area contributed by atoms with Gasteiger partial charge in [0.1, 0.15) is 6.04 Å². The number of nitrogens with zero attached hydrogens (tertiary/aromatic N) is 3. The van der Waals surface area contributed by atoms with Gasteiger partial charge in [-0.15, -0.1) is 0 Å². The normalized spacial score (nSPS) is 16.9. The molecule has 124 valence electrons. The highest BCUT2D eigenvalue weighted by Crippen LogP contribution is 2.24. The van der Waals surface area contributed by atoms with Crippen LogP contribution in [0.2, 0.25) is 0 Å². The third kappa shape index (κ3) is 4.95. The van der Waals surface area contributed by atoms with Crippen LogP contribution in [0.5, 0.6) is 0 Å². The molecule has 1 fully saturated rings. The molecular formula is C17H23BrN4O. The van der Waals surface area contributed by atoms with Crippen molar-refractivity contribution in [3.63, 3.8) is 0 Å². The Hall–Kier alpha value is -1.58. The van der Waals surface area contributed by atoms with E-state index >= 15 is 0 Å². The van der Waals surface area contributed by atoms with E-state index in [9.17, 15) is 10.1 Å². The van der Waals surface area contributed by atoms with Crippen molar-refractivity contribution in [1.82, 2.24) is 15.1 Å². The molecule has 0 radical (unpaired) electrons. The van der Waals surface area contributed by atoms with Crippen molar-refractivity contribution < 1.29 is 4.79 Å². The average Bonchev–Trinajstić information content (AvgIpc) is 2.54. The number of amides is 2. The van der Waals surface area contributed by atoms with E-state index in [-0.39, 0.29) is 12.1 Å². The first-order chi connectivity index (χ1) is 11.0. The van der Waals surface area contributed by atoms with Gasteiger partial charge in [-0.25, -0.2) is 4.79 Å². The molecular weight excluding hydrogens is 356 g/mol. The van der Waals surface area contributed by atoms with E-state index in [2.05, 4.69) is 46.1 Å². The minimum Gasteiger partial charge on any atom is -0.338 e. The van der Waals surface area contributed by atoms with Crippen LogP contribution in [0.3, 0.4) is 0 Å². The van der Waals surface area contributed by atoms with E-state index in [0.29, 0.717) is 38.6 Å². The van der Waals surface area contributed by atoms with Crippen LogP contribution in [-0.4, -0.2) is 48.6 Å². The molecule has 2 rings (SSSR count). The Bertz CT molecular complexity index is 576. The van der Waals surface area contributed by atoms with Gasteiger partial charge in [0.05, 0.1) is 6.07 Å². The number of nitriles is 1. The summed E-state index contributed by atoms with van der Waals surface area (Å²) >= 11 is 3.45. The number of hydrogen-bond acceptors (Lipinski definition) is 3. The molecule has 0 aliphatic carbocycles. The number of hydrogen-bond donors (Lipinski definition) is 1. The molecule has 1 aliphatic heterocycles. The predicted molar refractivity (Wildman–Crippen MR) is 93.9 cm³/mol. The minimum atomic E-state index is -0.270. The van der Waals surface area contributed by atoms with Crippen LogP contribution in [0, 0.1) is 17.2 Å². The second-order valence-electron chi connectivity index (χ2n) is 6.19. The van der Waals surface area contributed by atoms with Gasteiger partial charge in [-0.1, -0.05) is 41.9 Å². The van der Waals surface area contributed by atoms with Crippen molar-refractivity contribution >= 4 is 22.0 Å². The van der Waals surface area contributed by atoms with Crippen LogP contribution >= 0.6 is 15.9 Å². The summed E-state index contributed by atoms with van der Waals surface area (Å²) in [5.41, 5.74) is 0.986. The molecule has 23 heavy (non-hydrogen) atoms. The maximum Gasteiger partial charge on any atom is 0.317 e. The van der Waals surface area contributed by atoms with Crippen molar-refractivity contribution in [2.24, 2.45) is 5.92 Å². The zero-order valence-corrected chi connectivity index (χ0v) is 15.2. The largest absolute Gasteiger partial charge is 0.338 e. The van der Waals surface area contributed by atoms with Crippen LogP contribution in [0.4, 0.5) is 4.79 Å². The second-order valence-corrected chi connectivity index (χ2v) is 7.11. The number of carbonyl (C=O) groups excluding carboxylic acids is 1. The Balaban J connectivity index is 1.92. The van der Waals surface area contributed by atoms with Crippen molar-refractivity contribution in [3.05, 3.63) is 34.3 Å². The van der Waals surface area contributed by atoms with E-state index in [1.165, 1.54) is 0 Å². The lowest BCUT2D eigenvalue weighted by Gasteiger charge is -2.37. The standard InChI is InChI=1S/C17H23BrN4O/c1-13(2)12-20-17(23)22-8-6-21(7-9-22)16(11-19)14-4-3-5-15(18)10-14/h3-5,10,13,16H,6-9,12H2,1-2H3,(H,20,23). The van der Waals surface area contributed by atoms with Crippen molar-refractivity contribution in [1.29, 1.82) is 5.26 Å². The summed E-state index contributed by atoms with van der Waals surface area (Å²) in [7, 11) is 0. The Labute approximate surface area is 146 Å². The first-order valence-corrected chi connectivity index (χ1v) is 8.72. The summed E-state index contributed by atoms with van der Waals surface area (Å²) in [6.07, 6.45) is 0. The highest BCUT2D eigenvalue weighted by Gasteiger charge is 2.27. The lowest BCUT2D eigenvalue weighted by atomic mass is 10.1. The van der Waals surface area contributed by atoms with Crippen LogP contribution in [0.1, 0.15) is 25.5 Å². The van der Waals surface area contributed by atoms with Crippen LogP contribution in [0.25, 0.3) is 0 Å². The fourth-order valence-corrected chi connectivity index (χ4v) is 3.05. The maximum atomic E-state index is 12.1. The highest BCUT2D eigenvalue weighted by molar-refractivity contribution is 9.10. The summed E-state index contributed by atoms with van der Waals surface area (Å²) in [6, 6.07) is 9.96. The lowest BCUT2D eigenvalue weighted by molar-refractivity contribution is 0.124. The van der Waals surface area contributed by atoms with E-state index < -0.39 is 0 Å². The van der Waals surface area contributed by atoms with E-state index in [4.69, 9.17) is 0 Å². The SMILES string of the molecule is CC(C)CNC(=O)N1CCN(C(C#N)c2cccc(Br)c2)CC1. The third-order valence-corrected chi connectivity index (χ3v) is 4.41. The lowest BCUT2D eigenvalue weighted by Crippen LogP contribution is -2.52. The van der Waals surface area contributed by atoms with Gasteiger partial charge in [-0.2, -0.15) is 5.26 Å². The molecule has 1 unspecified atom stereocenters. The summed E-state index contributed by atoms with van der Waals surface area (Å²) in [6.45, 7) is 7.56. The number of nitrogens with one attached hydrogen (secondary N) is 1.